The van der Waals surface area contributed by atoms with Crippen molar-refractivity contribution in [2.45, 2.75) is 13.5 Å². The molecular formula is C12H16N2O2S. The van der Waals surface area contributed by atoms with Crippen molar-refractivity contribution in [1.29, 1.82) is 5.26 Å². The summed E-state index contributed by atoms with van der Waals surface area (Å²) in [5.41, 5.74) is 1.67. The molecule has 17 heavy (non-hydrogen) atoms. The molecule has 0 heterocycles. The number of hydrogen-bond donors (Lipinski definition) is 1. The molecular weight excluding hydrogens is 236 g/mol. The summed E-state index contributed by atoms with van der Waals surface area (Å²) in [7, 11) is -2.89. The summed E-state index contributed by atoms with van der Waals surface area (Å²) in [6.45, 7) is 2.72. The first kappa shape index (κ1) is 13.7. The smallest absolute Gasteiger partial charge is 0.151 e. The average Bonchev–Trinajstić information content (AvgIpc) is 2.35. The van der Waals surface area contributed by atoms with Crippen molar-refractivity contribution in [2.24, 2.45) is 0 Å². The fourth-order valence-electron chi connectivity index (χ4n) is 1.30. The zero-order valence-electron chi connectivity index (χ0n) is 9.81. The van der Waals surface area contributed by atoms with Crippen molar-refractivity contribution in [1.82, 2.24) is 5.32 Å². The second kappa shape index (κ2) is 6.38. The largest absolute Gasteiger partial charge is 0.312 e. The minimum absolute atomic E-state index is 0.166. The van der Waals surface area contributed by atoms with Crippen LogP contribution in [0.15, 0.2) is 24.3 Å². The zero-order valence-corrected chi connectivity index (χ0v) is 10.6. The normalized spacial score (nSPS) is 11.1. The molecule has 0 aromatic heterocycles. The quantitative estimate of drug-likeness (QED) is 0.769. The average molecular weight is 252 g/mol. The summed E-state index contributed by atoms with van der Waals surface area (Å²) in [6, 6.07) is 9.27. The van der Waals surface area contributed by atoms with Gasteiger partial charge < -0.3 is 5.32 Å². The number of nitrogens with one attached hydrogen (secondary N) is 1. The Morgan fingerprint density at radius 3 is 2.47 bits per heavy atom. The molecule has 0 saturated heterocycles. The van der Waals surface area contributed by atoms with Gasteiger partial charge in [-0.2, -0.15) is 5.26 Å². The van der Waals surface area contributed by atoms with Crippen LogP contribution in [0.4, 0.5) is 0 Å². The van der Waals surface area contributed by atoms with Crippen molar-refractivity contribution >= 4 is 9.84 Å². The van der Waals surface area contributed by atoms with Gasteiger partial charge in [-0.05, 0) is 17.7 Å². The molecule has 4 nitrogen and oxygen atoms in total. The van der Waals surface area contributed by atoms with Crippen LogP contribution in [0.25, 0.3) is 0 Å². The van der Waals surface area contributed by atoms with Crippen LogP contribution in [0.5, 0.6) is 0 Å². The lowest BCUT2D eigenvalue weighted by Gasteiger charge is -2.05. The van der Waals surface area contributed by atoms with Crippen LogP contribution in [0.2, 0.25) is 0 Å². The molecule has 1 aromatic rings. The molecule has 0 atom stereocenters. The highest BCUT2D eigenvalue weighted by atomic mass is 32.2. The highest BCUT2D eigenvalue weighted by molar-refractivity contribution is 7.91. The number of nitrogens with zero attached hydrogens (tertiary/aromatic N) is 1. The molecule has 0 radical (unpaired) electrons. The summed E-state index contributed by atoms with van der Waals surface area (Å²) in [6.07, 6.45) is 0. The first-order valence-corrected chi connectivity index (χ1v) is 7.29. The summed E-state index contributed by atoms with van der Waals surface area (Å²) >= 11 is 0. The number of nitriles is 1. The van der Waals surface area contributed by atoms with Crippen LogP contribution in [-0.2, 0) is 16.4 Å². The van der Waals surface area contributed by atoms with Gasteiger partial charge in [-0.25, -0.2) is 8.42 Å². The Morgan fingerprint density at radius 2 is 1.94 bits per heavy atom. The third-order valence-electron chi connectivity index (χ3n) is 2.44. The minimum atomic E-state index is -2.89. The lowest BCUT2D eigenvalue weighted by atomic mass is 10.1. The maximum absolute atomic E-state index is 11.2. The molecule has 0 aliphatic rings. The van der Waals surface area contributed by atoms with Crippen LogP contribution >= 0.6 is 0 Å². The van der Waals surface area contributed by atoms with Gasteiger partial charge in [-0.1, -0.05) is 19.1 Å². The highest BCUT2D eigenvalue weighted by Crippen LogP contribution is 2.02. The predicted molar refractivity (Wildman–Crippen MR) is 67.2 cm³/mol. The van der Waals surface area contributed by atoms with Crippen LogP contribution in [-0.4, -0.2) is 26.5 Å². The van der Waals surface area contributed by atoms with Gasteiger partial charge in [0.15, 0.2) is 9.84 Å². The van der Waals surface area contributed by atoms with Gasteiger partial charge in [0.2, 0.25) is 0 Å². The molecule has 0 aliphatic carbocycles. The van der Waals surface area contributed by atoms with E-state index >= 15 is 0 Å². The van der Waals surface area contributed by atoms with E-state index in [0.717, 1.165) is 5.56 Å². The molecule has 0 bridgehead atoms. The summed E-state index contributed by atoms with van der Waals surface area (Å²) in [5.74, 6) is 0.353. The van der Waals surface area contributed by atoms with Crippen molar-refractivity contribution in [3.8, 4) is 6.07 Å². The predicted octanol–water partition coefficient (Wildman–Crippen LogP) is 1.08. The summed E-state index contributed by atoms with van der Waals surface area (Å²) < 4.78 is 22.4. The van der Waals surface area contributed by atoms with Crippen molar-refractivity contribution in [2.75, 3.05) is 18.1 Å². The van der Waals surface area contributed by atoms with Gasteiger partial charge in [0.05, 0.1) is 17.4 Å². The Labute approximate surface area is 102 Å². The first-order chi connectivity index (χ1) is 8.07. The van der Waals surface area contributed by atoms with Gasteiger partial charge >= 0.3 is 0 Å². The zero-order chi connectivity index (χ0) is 12.7. The molecule has 0 amide bonds. The molecule has 1 rings (SSSR count). The van der Waals surface area contributed by atoms with Gasteiger partial charge in [0.25, 0.3) is 0 Å². The van der Waals surface area contributed by atoms with E-state index in [2.05, 4.69) is 5.32 Å². The lowest BCUT2D eigenvalue weighted by Crippen LogP contribution is -2.23. The van der Waals surface area contributed by atoms with Crippen LogP contribution < -0.4 is 5.32 Å². The van der Waals surface area contributed by atoms with Crippen LogP contribution in [0.3, 0.4) is 0 Å². The maximum Gasteiger partial charge on any atom is 0.151 e. The Hall–Kier alpha value is -1.38. The fraction of sp³-hybridized carbons (Fsp3) is 0.417. The molecule has 0 spiro atoms. The molecule has 1 aromatic carbocycles. The Kier molecular flexibility index (Phi) is 5.13. The third kappa shape index (κ3) is 4.98. The van der Waals surface area contributed by atoms with Gasteiger partial charge in [-0.15, -0.1) is 0 Å². The second-order valence-corrected chi connectivity index (χ2v) is 6.19. The van der Waals surface area contributed by atoms with Crippen molar-refractivity contribution in [3.05, 3.63) is 35.4 Å². The van der Waals surface area contributed by atoms with E-state index in [-0.39, 0.29) is 11.5 Å². The topological polar surface area (TPSA) is 70.0 Å². The van der Waals surface area contributed by atoms with Gasteiger partial charge in [-0.3, -0.25) is 0 Å². The van der Waals surface area contributed by atoms with Crippen molar-refractivity contribution < 1.29 is 8.42 Å². The monoisotopic (exact) mass is 252 g/mol. The maximum atomic E-state index is 11.2. The van der Waals surface area contributed by atoms with E-state index in [1.807, 2.05) is 18.2 Å². The summed E-state index contributed by atoms with van der Waals surface area (Å²) in [5, 5.41) is 11.7. The number of benzene rings is 1. The van der Waals surface area contributed by atoms with Gasteiger partial charge in [0, 0.05) is 18.8 Å². The number of rotatable bonds is 6. The van der Waals surface area contributed by atoms with E-state index in [4.69, 9.17) is 5.26 Å². The molecule has 0 fully saturated rings. The molecule has 0 saturated carbocycles. The standard InChI is InChI=1S/C12H16N2O2S/c1-2-17(15,16)8-7-14-10-12-5-3-11(9-13)4-6-12/h3-6,14H,2,7-8,10H2,1H3. The molecule has 0 aliphatic heterocycles. The van der Waals surface area contributed by atoms with E-state index in [1.165, 1.54) is 0 Å². The molecule has 0 unspecified atom stereocenters. The highest BCUT2D eigenvalue weighted by Gasteiger charge is 2.05. The lowest BCUT2D eigenvalue weighted by molar-refractivity contribution is 0.592. The molecule has 1 N–H and O–H groups in total. The van der Waals surface area contributed by atoms with Crippen LogP contribution in [0, 0.1) is 11.3 Å². The van der Waals surface area contributed by atoms with Gasteiger partial charge in [0.1, 0.15) is 0 Å². The molecule has 92 valence electrons. The Morgan fingerprint density at radius 1 is 1.29 bits per heavy atom. The van der Waals surface area contributed by atoms with E-state index in [0.29, 0.717) is 18.7 Å². The van der Waals surface area contributed by atoms with E-state index in [9.17, 15) is 8.42 Å². The Balaban J connectivity index is 2.34. The van der Waals surface area contributed by atoms with Crippen molar-refractivity contribution in [3.63, 3.8) is 0 Å². The second-order valence-electron chi connectivity index (χ2n) is 3.72. The minimum Gasteiger partial charge on any atom is -0.312 e. The molecule has 5 heteroatoms. The Bertz CT molecular complexity index is 486. The number of hydrogen-bond acceptors (Lipinski definition) is 4. The third-order valence-corrected chi connectivity index (χ3v) is 4.15. The SMILES string of the molecule is CCS(=O)(=O)CCNCc1ccc(C#N)cc1. The van der Waals surface area contributed by atoms with E-state index in [1.54, 1.807) is 19.1 Å². The first-order valence-electron chi connectivity index (χ1n) is 5.47. The fourth-order valence-corrected chi connectivity index (χ4v) is 2.05. The van der Waals surface area contributed by atoms with Crippen LogP contribution in [0.1, 0.15) is 18.1 Å². The summed E-state index contributed by atoms with van der Waals surface area (Å²) in [4.78, 5) is 0. The number of sulfone groups is 1. The van der Waals surface area contributed by atoms with E-state index < -0.39 is 9.84 Å².